The highest BCUT2D eigenvalue weighted by atomic mass is 16.5. The normalized spacial score (nSPS) is 20.3. The minimum Gasteiger partial charge on any atom is -0.467 e. The molecule has 1 aliphatic heterocycles. The van der Waals surface area contributed by atoms with Crippen molar-refractivity contribution in [2.45, 2.75) is 115 Å². The van der Waals surface area contributed by atoms with Crippen molar-refractivity contribution in [1.82, 2.24) is 36.8 Å². The molecule has 1 heterocycles. The van der Waals surface area contributed by atoms with Gasteiger partial charge >= 0.3 is 5.97 Å². The van der Waals surface area contributed by atoms with Crippen molar-refractivity contribution < 1.29 is 52.7 Å². The lowest BCUT2D eigenvalue weighted by Gasteiger charge is -2.31. The maximum absolute atomic E-state index is 13.5. The molecular formula is C32H51N9O11. The number of hydrogen-bond donors (Lipinski definition) is 8. The summed E-state index contributed by atoms with van der Waals surface area (Å²) in [5.74, 6) is -7.17. The highest BCUT2D eigenvalue weighted by Crippen LogP contribution is 2.09. The van der Waals surface area contributed by atoms with E-state index in [4.69, 9.17) is 11.5 Å². The lowest BCUT2D eigenvalue weighted by Crippen LogP contribution is -2.59. The third kappa shape index (κ3) is 15.1. The van der Waals surface area contributed by atoms with Crippen molar-refractivity contribution in [2.75, 3.05) is 13.7 Å². The summed E-state index contributed by atoms with van der Waals surface area (Å²) in [6.07, 6.45) is 2.71. The number of ether oxygens (including phenoxy) is 1. The first-order valence-electron chi connectivity index (χ1n) is 16.7. The highest BCUT2D eigenvalue weighted by molar-refractivity contribution is 5.97. The SMILES string of the molecule is COC(=O)[C@H](C)NC(=O)[C@H](CCC(N)=O)NC(=O)[C@H](C)NC(=O)[C@H](C)NC(=O)[C@H](C)N1C/C=C\CCC(=O)N[C@@H](CCC(N)=O)C(=O)N[C@@H](C)C1=O. The summed E-state index contributed by atoms with van der Waals surface area (Å²) >= 11 is 0. The summed E-state index contributed by atoms with van der Waals surface area (Å²) in [5, 5.41) is 14.7. The second-order valence-electron chi connectivity index (χ2n) is 12.3. The Labute approximate surface area is 301 Å². The van der Waals surface area contributed by atoms with Crippen LogP contribution in [0.5, 0.6) is 0 Å². The monoisotopic (exact) mass is 737 g/mol. The van der Waals surface area contributed by atoms with Gasteiger partial charge in [-0.15, -0.1) is 0 Å². The van der Waals surface area contributed by atoms with Crippen LogP contribution in [0.1, 0.15) is 73.1 Å². The first-order chi connectivity index (χ1) is 24.3. The molecule has 0 aromatic carbocycles. The number of allylic oxidation sites excluding steroid dienone is 1. The summed E-state index contributed by atoms with van der Waals surface area (Å²) < 4.78 is 4.57. The van der Waals surface area contributed by atoms with Crippen molar-refractivity contribution in [2.24, 2.45) is 11.5 Å². The Morgan fingerprint density at radius 3 is 1.94 bits per heavy atom. The molecule has 1 aliphatic rings. The Balaban J connectivity index is 2.99. The van der Waals surface area contributed by atoms with Gasteiger partial charge in [0.25, 0.3) is 0 Å². The van der Waals surface area contributed by atoms with E-state index < -0.39 is 101 Å². The molecule has 0 radical (unpaired) electrons. The van der Waals surface area contributed by atoms with Gasteiger partial charge in [-0.3, -0.25) is 43.2 Å². The molecular weight excluding hydrogens is 686 g/mol. The molecule has 9 amide bonds. The van der Waals surface area contributed by atoms with E-state index in [-0.39, 0.29) is 45.1 Å². The fourth-order valence-corrected chi connectivity index (χ4v) is 4.75. The zero-order valence-electron chi connectivity index (χ0n) is 30.2. The Morgan fingerprint density at radius 1 is 0.808 bits per heavy atom. The Kier molecular flexibility index (Phi) is 18.5. The number of hydrogen-bond acceptors (Lipinski definition) is 11. The fraction of sp³-hybridized carbons (Fsp3) is 0.625. The van der Waals surface area contributed by atoms with Crippen LogP contribution in [0.4, 0.5) is 0 Å². The molecule has 7 atom stereocenters. The van der Waals surface area contributed by atoms with Gasteiger partial charge in [-0.05, 0) is 53.9 Å². The minimum atomic E-state index is -1.30. The smallest absolute Gasteiger partial charge is 0.328 e. The van der Waals surface area contributed by atoms with E-state index in [1.807, 2.05) is 0 Å². The van der Waals surface area contributed by atoms with E-state index in [1.54, 1.807) is 12.2 Å². The average molecular weight is 738 g/mol. The van der Waals surface area contributed by atoms with Gasteiger partial charge in [-0.25, -0.2) is 4.79 Å². The molecule has 0 fully saturated rings. The van der Waals surface area contributed by atoms with Crippen molar-refractivity contribution in [3.05, 3.63) is 12.2 Å². The predicted octanol–water partition coefficient (Wildman–Crippen LogP) is -3.75. The van der Waals surface area contributed by atoms with E-state index >= 15 is 0 Å². The summed E-state index contributed by atoms with van der Waals surface area (Å²) in [6.45, 7) is 6.72. The maximum atomic E-state index is 13.5. The number of nitrogens with one attached hydrogen (secondary N) is 6. The van der Waals surface area contributed by atoms with Crippen LogP contribution in [0, 0.1) is 0 Å². The lowest BCUT2D eigenvalue weighted by molar-refractivity contribution is -0.145. The number of amides is 9. The summed E-state index contributed by atoms with van der Waals surface area (Å²) in [7, 11) is 1.13. The van der Waals surface area contributed by atoms with E-state index in [1.165, 1.54) is 39.5 Å². The van der Waals surface area contributed by atoms with E-state index in [0.29, 0.717) is 0 Å². The molecule has 0 saturated carbocycles. The fourth-order valence-electron chi connectivity index (χ4n) is 4.75. The van der Waals surface area contributed by atoms with Crippen LogP contribution in [0.25, 0.3) is 0 Å². The van der Waals surface area contributed by atoms with Gasteiger partial charge in [0.15, 0.2) is 0 Å². The largest absolute Gasteiger partial charge is 0.467 e. The van der Waals surface area contributed by atoms with Crippen LogP contribution in [-0.2, 0) is 52.7 Å². The van der Waals surface area contributed by atoms with Gasteiger partial charge in [-0.2, -0.15) is 0 Å². The Bertz CT molecular complexity index is 1400. The Morgan fingerprint density at radius 2 is 1.37 bits per heavy atom. The van der Waals surface area contributed by atoms with E-state index in [9.17, 15) is 47.9 Å². The Hall–Kier alpha value is -5.56. The summed E-state index contributed by atoms with van der Waals surface area (Å²) in [4.78, 5) is 126. The van der Waals surface area contributed by atoms with Crippen molar-refractivity contribution in [3.8, 4) is 0 Å². The molecule has 52 heavy (non-hydrogen) atoms. The topological polar surface area (TPSA) is 307 Å². The van der Waals surface area contributed by atoms with Crippen LogP contribution in [0.3, 0.4) is 0 Å². The number of carbonyl (C=O) groups excluding carboxylic acids is 10. The third-order valence-electron chi connectivity index (χ3n) is 7.93. The molecule has 20 heteroatoms. The first-order valence-corrected chi connectivity index (χ1v) is 16.7. The van der Waals surface area contributed by atoms with Gasteiger partial charge in [0, 0.05) is 25.8 Å². The van der Waals surface area contributed by atoms with Crippen LogP contribution in [0.2, 0.25) is 0 Å². The molecule has 0 aromatic heterocycles. The minimum absolute atomic E-state index is 0.00922. The van der Waals surface area contributed by atoms with Gasteiger partial charge < -0.3 is 53.0 Å². The maximum Gasteiger partial charge on any atom is 0.328 e. The molecule has 0 aliphatic carbocycles. The zero-order valence-corrected chi connectivity index (χ0v) is 30.2. The van der Waals surface area contributed by atoms with Gasteiger partial charge in [0.1, 0.15) is 42.3 Å². The van der Waals surface area contributed by atoms with Crippen LogP contribution >= 0.6 is 0 Å². The second-order valence-corrected chi connectivity index (χ2v) is 12.3. The van der Waals surface area contributed by atoms with Crippen LogP contribution in [0.15, 0.2) is 12.2 Å². The van der Waals surface area contributed by atoms with Crippen molar-refractivity contribution >= 4 is 59.1 Å². The third-order valence-corrected chi connectivity index (χ3v) is 7.93. The lowest BCUT2D eigenvalue weighted by atomic mass is 10.1. The van der Waals surface area contributed by atoms with Gasteiger partial charge in [-0.1, -0.05) is 12.2 Å². The van der Waals surface area contributed by atoms with E-state index in [2.05, 4.69) is 36.6 Å². The summed E-state index contributed by atoms with van der Waals surface area (Å²) in [6, 6.07) is -8.29. The number of nitrogens with zero attached hydrogens (tertiary/aromatic N) is 1. The molecule has 1 rings (SSSR count). The molecule has 10 N–H and O–H groups in total. The molecule has 0 aromatic rings. The number of nitrogens with two attached hydrogens (primary N) is 2. The van der Waals surface area contributed by atoms with Gasteiger partial charge in [0.2, 0.25) is 53.2 Å². The molecule has 20 nitrogen and oxygen atoms in total. The van der Waals surface area contributed by atoms with Gasteiger partial charge in [0.05, 0.1) is 7.11 Å². The first kappa shape index (κ1) is 44.5. The van der Waals surface area contributed by atoms with Crippen molar-refractivity contribution in [1.29, 1.82) is 0 Å². The van der Waals surface area contributed by atoms with Crippen molar-refractivity contribution in [3.63, 3.8) is 0 Å². The van der Waals surface area contributed by atoms with Crippen LogP contribution < -0.4 is 43.4 Å². The second kappa shape index (κ2) is 21.6. The standard InChI is InChI=1S/C32H51N9O11/c1-16(26(45)35-17(2)27(46)40-22(12-14-24(34)43)30(49)38-19(4)32(51)52-6)36-28(47)20(5)41-15-9-7-8-10-25(44)39-21(11-13-23(33)42)29(48)37-18(3)31(41)50/h7,9,16-22H,8,10-15H2,1-6H3,(H2,33,42)(H2,34,43)(H,35,45)(H,36,47)(H,37,48)(H,38,49)(H,39,44)(H,40,46)/b9-7-/t16-,17-,18-,19-,20-,21-,22-/m0/s1. The quantitative estimate of drug-likeness (QED) is 0.0562. The number of primary amides is 2. The van der Waals surface area contributed by atoms with Crippen LogP contribution in [-0.4, -0.2) is 120 Å². The number of methoxy groups -OCH3 is 1. The molecule has 0 spiro atoms. The zero-order chi connectivity index (χ0) is 39.7. The number of esters is 1. The molecule has 290 valence electrons. The van der Waals surface area contributed by atoms with E-state index in [0.717, 1.165) is 7.11 Å². The number of rotatable bonds is 16. The summed E-state index contributed by atoms with van der Waals surface area (Å²) in [5.41, 5.74) is 10.4. The molecule has 0 saturated heterocycles. The highest BCUT2D eigenvalue weighted by Gasteiger charge is 2.33. The molecule has 0 unspecified atom stereocenters. The average Bonchev–Trinajstić information content (AvgIpc) is 3.08. The number of carbonyl (C=O) groups is 10. The molecule has 0 bridgehead atoms. The predicted molar refractivity (Wildman–Crippen MR) is 183 cm³/mol.